The molecule has 3 rings (SSSR count). The fourth-order valence-corrected chi connectivity index (χ4v) is 2.44. The molecule has 6 nitrogen and oxygen atoms in total. The van der Waals surface area contributed by atoms with Crippen LogP contribution in [0.3, 0.4) is 0 Å². The molecule has 128 valence electrons. The normalized spacial score (nSPS) is 19.0. The zero-order valence-electron chi connectivity index (χ0n) is 14.8. The number of fused-ring (bicyclic) bond motifs is 1. The van der Waals surface area contributed by atoms with Crippen LogP contribution in [0.1, 0.15) is 27.7 Å². The Morgan fingerprint density at radius 2 is 1.75 bits per heavy atom. The van der Waals surface area contributed by atoms with E-state index in [1.165, 1.54) is 0 Å². The Hall–Kier alpha value is -1.70. The summed E-state index contributed by atoms with van der Waals surface area (Å²) >= 11 is 0. The van der Waals surface area contributed by atoms with Crippen LogP contribution in [-0.2, 0) is 14.0 Å². The Morgan fingerprint density at radius 3 is 2.42 bits per heavy atom. The lowest BCUT2D eigenvalue weighted by molar-refractivity contribution is 0.00578. The number of ether oxygens (including phenoxy) is 2. The molecule has 24 heavy (non-hydrogen) atoms. The highest BCUT2D eigenvalue weighted by atomic mass is 16.7. The molecular formula is C17H23BN2O4. The summed E-state index contributed by atoms with van der Waals surface area (Å²) in [5.74, 6) is 0.489. The van der Waals surface area contributed by atoms with Crippen molar-refractivity contribution >= 4 is 23.6 Å². The molecule has 0 N–H and O–H groups in total. The Balaban J connectivity index is 1.81. The molecule has 1 aliphatic heterocycles. The summed E-state index contributed by atoms with van der Waals surface area (Å²) in [5, 5.41) is 0. The molecular weight excluding hydrogens is 307 g/mol. The van der Waals surface area contributed by atoms with Crippen molar-refractivity contribution in [2.24, 2.45) is 0 Å². The second-order valence-corrected chi connectivity index (χ2v) is 6.89. The Morgan fingerprint density at radius 1 is 1.04 bits per heavy atom. The second kappa shape index (κ2) is 6.31. The van der Waals surface area contributed by atoms with E-state index in [2.05, 4.69) is 9.97 Å². The molecule has 2 aromatic rings. The van der Waals surface area contributed by atoms with E-state index in [9.17, 15) is 0 Å². The molecule has 0 aliphatic carbocycles. The van der Waals surface area contributed by atoms with E-state index in [0.29, 0.717) is 19.1 Å². The van der Waals surface area contributed by atoms with E-state index in [1.807, 2.05) is 45.9 Å². The molecule has 1 aromatic heterocycles. The standard InChI is InChI=1S/C17H23BN2O4/c1-16(2)17(3,4)24-18(23-16)12-6-7-13-14(10-12)19-11-15(20-13)22-9-8-21-5/h6-7,10-11H,8-9H2,1-5H3. The summed E-state index contributed by atoms with van der Waals surface area (Å²) in [6.45, 7) is 9.12. The van der Waals surface area contributed by atoms with Gasteiger partial charge in [-0.2, -0.15) is 0 Å². The number of hydrogen-bond acceptors (Lipinski definition) is 6. The smallest absolute Gasteiger partial charge is 0.474 e. The highest BCUT2D eigenvalue weighted by molar-refractivity contribution is 6.62. The maximum absolute atomic E-state index is 6.08. The molecule has 1 aromatic carbocycles. The number of aromatic nitrogens is 2. The first-order chi connectivity index (χ1) is 11.3. The van der Waals surface area contributed by atoms with Crippen molar-refractivity contribution in [3.05, 3.63) is 24.4 Å². The van der Waals surface area contributed by atoms with Crippen molar-refractivity contribution in [3.63, 3.8) is 0 Å². The summed E-state index contributed by atoms with van der Waals surface area (Å²) in [5.41, 5.74) is 1.75. The minimum absolute atomic E-state index is 0.364. The maximum atomic E-state index is 6.08. The molecule has 1 fully saturated rings. The van der Waals surface area contributed by atoms with E-state index in [1.54, 1.807) is 13.3 Å². The summed E-state index contributed by atoms with van der Waals surface area (Å²) < 4.78 is 22.6. The van der Waals surface area contributed by atoms with Gasteiger partial charge in [-0.05, 0) is 45.3 Å². The number of hydrogen-bond donors (Lipinski definition) is 0. The molecule has 0 bridgehead atoms. The summed E-state index contributed by atoms with van der Waals surface area (Å²) in [4.78, 5) is 8.88. The van der Waals surface area contributed by atoms with Crippen molar-refractivity contribution < 1.29 is 18.8 Å². The van der Waals surface area contributed by atoms with Crippen LogP contribution in [0.4, 0.5) is 0 Å². The van der Waals surface area contributed by atoms with Crippen molar-refractivity contribution in [2.45, 2.75) is 38.9 Å². The molecule has 0 radical (unpaired) electrons. The van der Waals surface area contributed by atoms with Gasteiger partial charge in [-0.25, -0.2) is 9.97 Å². The predicted octanol–water partition coefficient (Wildman–Crippen LogP) is 1.95. The minimum atomic E-state index is -0.404. The van der Waals surface area contributed by atoms with Gasteiger partial charge in [0.25, 0.3) is 0 Å². The van der Waals surface area contributed by atoms with Crippen LogP contribution in [0.25, 0.3) is 11.0 Å². The average molecular weight is 330 g/mol. The molecule has 1 saturated heterocycles. The van der Waals surface area contributed by atoms with Crippen molar-refractivity contribution in [3.8, 4) is 5.88 Å². The third-order valence-corrected chi connectivity index (χ3v) is 4.61. The molecule has 0 amide bonds. The topological polar surface area (TPSA) is 62.7 Å². The lowest BCUT2D eigenvalue weighted by atomic mass is 9.79. The molecule has 2 heterocycles. The fraction of sp³-hybridized carbons (Fsp3) is 0.529. The maximum Gasteiger partial charge on any atom is 0.494 e. The van der Waals surface area contributed by atoms with E-state index in [4.69, 9.17) is 18.8 Å². The lowest BCUT2D eigenvalue weighted by Crippen LogP contribution is -2.41. The van der Waals surface area contributed by atoms with E-state index in [-0.39, 0.29) is 11.2 Å². The van der Waals surface area contributed by atoms with Gasteiger partial charge in [-0.15, -0.1) is 0 Å². The van der Waals surface area contributed by atoms with Crippen molar-refractivity contribution in [2.75, 3.05) is 20.3 Å². The first kappa shape index (κ1) is 17.1. The third kappa shape index (κ3) is 3.24. The molecule has 0 saturated carbocycles. The first-order valence-corrected chi connectivity index (χ1v) is 8.06. The van der Waals surface area contributed by atoms with E-state index < -0.39 is 7.12 Å². The van der Waals surface area contributed by atoms with Gasteiger partial charge in [-0.1, -0.05) is 6.07 Å². The Bertz CT molecular complexity index is 720. The molecule has 7 heteroatoms. The Labute approximate surface area is 142 Å². The quantitative estimate of drug-likeness (QED) is 0.617. The third-order valence-electron chi connectivity index (χ3n) is 4.61. The predicted molar refractivity (Wildman–Crippen MR) is 92.6 cm³/mol. The van der Waals surface area contributed by atoms with Crippen LogP contribution in [0.15, 0.2) is 24.4 Å². The summed E-state index contributed by atoms with van der Waals surface area (Å²) in [7, 11) is 1.23. The Kier molecular flexibility index (Phi) is 4.51. The summed E-state index contributed by atoms with van der Waals surface area (Å²) in [6.07, 6.45) is 1.62. The number of rotatable bonds is 5. The zero-order valence-corrected chi connectivity index (χ0v) is 14.8. The van der Waals surface area contributed by atoms with Crippen LogP contribution in [0.5, 0.6) is 5.88 Å². The lowest BCUT2D eigenvalue weighted by Gasteiger charge is -2.32. The van der Waals surface area contributed by atoms with Crippen LogP contribution in [-0.4, -0.2) is 48.6 Å². The van der Waals surface area contributed by atoms with Crippen molar-refractivity contribution in [1.29, 1.82) is 0 Å². The van der Waals surface area contributed by atoms with E-state index >= 15 is 0 Å². The number of benzene rings is 1. The molecule has 0 spiro atoms. The first-order valence-electron chi connectivity index (χ1n) is 8.06. The monoisotopic (exact) mass is 330 g/mol. The highest BCUT2D eigenvalue weighted by Gasteiger charge is 2.51. The average Bonchev–Trinajstić information content (AvgIpc) is 2.75. The van der Waals surface area contributed by atoms with Crippen molar-refractivity contribution in [1.82, 2.24) is 9.97 Å². The van der Waals surface area contributed by atoms with Crippen LogP contribution in [0, 0.1) is 0 Å². The van der Waals surface area contributed by atoms with Gasteiger partial charge >= 0.3 is 7.12 Å². The number of nitrogens with zero attached hydrogens (tertiary/aromatic N) is 2. The fourth-order valence-electron chi connectivity index (χ4n) is 2.44. The van der Waals surface area contributed by atoms with E-state index in [0.717, 1.165) is 16.5 Å². The highest BCUT2D eigenvalue weighted by Crippen LogP contribution is 2.36. The molecule has 0 atom stereocenters. The van der Waals surface area contributed by atoms with Gasteiger partial charge in [0.05, 0.1) is 35.0 Å². The summed E-state index contributed by atoms with van der Waals surface area (Å²) in [6, 6.07) is 5.81. The van der Waals surface area contributed by atoms with Gasteiger partial charge in [0.2, 0.25) is 5.88 Å². The number of methoxy groups -OCH3 is 1. The zero-order chi connectivity index (χ0) is 17.4. The minimum Gasteiger partial charge on any atom is -0.474 e. The SMILES string of the molecule is COCCOc1cnc2cc(B3OC(C)(C)C(C)(C)O3)ccc2n1. The second-order valence-electron chi connectivity index (χ2n) is 6.89. The largest absolute Gasteiger partial charge is 0.494 e. The van der Waals surface area contributed by atoms with Crippen LogP contribution < -0.4 is 10.2 Å². The van der Waals surface area contributed by atoms with Crippen LogP contribution >= 0.6 is 0 Å². The van der Waals surface area contributed by atoms with Gasteiger partial charge in [-0.3, -0.25) is 0 Å². The van der Waals surface area contributed by atoms with Gasteiger partial charge in [0.1, 0.15) is 6.61 Å². The van der Waals surface area contributed by atoms with Gasteiger partial charge in [0, 0.05) is 7.11 Å². The van der Waals surface area contributed by atoms with Gasteiger partial charge < -0.3 is 18.8 Å². The van der Waals surface area contributed by atoms with Gasteiger partial charge in [0.15, 0.2) is 0 Å². The van der Waals surface area contributed by atoms with Crippen LogP contribution in [0.2, 0.25) is 0 Å². The molecule has 1 aliphatic rings. The molecule has 0 unspecified atom stereocenters.